The van der Waals surface area contributed by atoms with E-state index in [2.05, 4.69) is 10.6 Å². The molecule has 4 nitrogen and oxygen atoms in total. The number of hydrogen-bond acceptors (Lipinski definition) is 4. The summed E-state index contributed by atoms with van der Waals surface area (Å²) in [5, 5.41) is 26.4. The standard InChI is InChI=1S/C21H19FN2O2/c22-16-9-6-14(7-10-16)20-19(13-4-2-1-3-5-13)23-21(24-20)15-8-11-17(25)18(26)12-15/h1-12,19-21,23-26H. The minimum atomic E-state index is -0.268. The van der Waals surface area contributed by atoms with Crippen LogP contribution in [0.4, 0.5) is 4.39 Å². The summed E-state index contributed by atoms with van der Waals surface area (Å²) >= 11 is 0. The van der Waals surface area contributed by atoms with Gasteiger partial charge in [-0.3, -0.25) is 10.6 Å². The number of phenols is 2. The lowest BCUT2D eigenvalue weighted by Crippen LogP contribution is -2.22. The van der Waals surface area contributed by atoms with Gasteiger partial charge in [0.05, 0.1) is 18.2 Å². The van der Waals surface area contributed by atoms with Crippen LogP contribution in [-0.2, 0) is 0 Å². The van der Waals surface area contributed by atoms with Crippen LogP contribution in [0.15, 0.2) is 72.8 Å². The average Bonchev–Trinajstić information content (AvgIpc) is 3.11. The highest BCUT2D eigenvalue weighted by Gasteiger charge is 2.35. The van der Waals surface area contributed by atoms with Crippen LogP contribution >= 0.6 is 0 Å². The molecule has 0 amide bonds. The number of hydrogen-bond donors (Lipinski definition) is 4. The molecule has 1 aliphatic rings. The predicted octanol–water partition coefficient (Wildman–Crippen LogP) is 3.91. The van der Waals surface area contributed by atoms with Crippen molar-refractivity contribution < 1.29 is 14.6 Å². The van der Waals surface area contributed by atoms with Gasteiger partial charge < -0.3 is 10.2 Å². The van der Waals surface area contributed by atoms with Crippen molar-refractivity contribution in [3.05, 3.63) is 95.3 Å². The topological polar surface area (TPSA) is 64.5 Å². The van der Waals surface area contributed by atoms with E-state index in [1.54, 1.807) is 18.2 Å². The van der Waals surface area contributed by atoms with Crippen LogP contribution in [0.25, 0.3) is 0 Å². The Hall–Kier alpha value is -2.89. The van der Waals surface area contributed by atoms with Gasteiger partial charge in [0.15, 0.2) is 11.5 Å². The zero-order valence-corrected chi connectivity index (χ0v) is 13.9. The van der Waals surface area contributed by atoms with Gasteiger partial charge in [0, 0.05) is 0 Å². The van der Waals surface area contributed by atoms with Crippen molar-refractivity contribution in [1.29, 1.82) is 0 Å². The highest BCUT2D eigenvalue weighted by Crippen LogP contribution is 2.39. The Morgan fingerprint density at radius 2 is 1.23 bits per heavy atom. The van der Waals surface area contributed by atoms with Crippen LogP contribution in [0.5, 0.6) is 11.5 Å². The van der Waals surface area contributed by atoms with Gasteiger partial charge in [-0.25, -0.2) is 4.39 Å². The van der Waals surface area contributed by atoms with Crippen molar-refractivity contribution in [2.24, 2.45) is 0 Å². The second kappa shape index (κ2) is 6.78. The summed E-state index contributed by atoms with van der Waals surface area (Å²) in [4.78, 5) is 0. The summed E-state index contributed by atoms with van der Waals surface area (Å²) in [5.41, 5.74) is 2.89. The molecule has 1 heterocycles. The van der Waals surface area contributed by atoms with Crippen molar-refractivity contribution in [2.75, 3.05) is 0 Å². The second-order valence-electron chi connectivity index (χ2n) is 6.43. The van der Waals surface area contributed by atoms with Crippen molar-refractivity contribution >= 4 is 0 Å². The van der Waals surface area contributed by atoms with E-state index in [-0.39, 0.29) is 35.6 Å². The van der Waals surface area contributed by atoms with E-state index in [9.17, 15) is 14.6 Å². The first-order chi connectivity index (χ1) is 12.6. The Morgan fingerprint density at radius 3 is 1.85 bits per heavy atom. The maximum atomic E-state index is 13.3. The third kappa shape index (κ3) is 3.14. The average molecular weight is 350 g/mol. The Labute approximate surface area is 150 Å². The molecule has 3 aromatic rings. The molecule has 0 spiro atoms. The lowest BCUT2D eigenvalue weighted by atomic mass is 9.95. The SMILES string of the molecule is Oc1ccc(C2NC(c3ccccc3)C(c3ccc(F)cc3)N2)cc1O. The lowest BCUT2D eigenvalue weighted by Gasteiger charge is -2.20. The third-order valence-corrected chi connectivity index (χ3v) is 4.75. The van der Waals surface area contributed by atoms with E-state index in [1.165, 1.54) is 24.3 Å². The van der Waals surface area contributed by atoms with Crippen molar-refractivity contribution in [2.45, 2.75) is 18.2 Å². The molecule has 3 atom stereocenters. The second-order valence-corrected chi connectivity index (χ2v) is 6.43. The van der Waals surface area contributed by atoms with Gasteiger partial charge in [0.25, 0.3) is 0 Å². The maximum absolute atomic E-state index is 13.3. The van der Waals surface area contributed by atoms with Crippen LogP contribution in [0, 0.1) is 5.82 Å². The Kier molecular flexibility index (Phi) is 4.32. The molecule has 5 heteroatoms. The molecule has 0 aliphatic carbocycles. The molecule has 26 heavy (non-hydrogen) atoms. The summed E-state index contributed by atoms with van der Waals surface area (Å²) in [7, 11) is 0. The van der Waals surface area contributed by atoms with E-state index in [0.717, 1.165) is 16.7 Å². The van der Waals surface area contributed by atoms with Crippen molar-refractivity contribution in [3.63, 3.8) is 0 Å². The normalized spacial score (nSPS) is 22.4. The van der Waals surface area contributed by atoms with E-state index >= 15 is 0 Å². The summed E-state index contributed by atoms with van der Waals surface area (Å²) in [6, 6.07) is 21.2. The smallest absolute Gasteiger partial charge is 0.157 e. The number of halogens is 1. The molecule has 1 saturated heterocycles. The quantitative estimate of drug-likeness (QED) is 0.541. The molecule has 1 fully saturated rings. The molecule has 0 radical (unpaired) electrons. The number of benzene rings is 3. The monoisotopic (exact) mass is 350 g/mol. The zero-order valence-electron chi connectivity index (χ0n) is 13.9. The first-order valence-corrected chi connectivity index (χ1v) is 8.46. The van der Waals surface area contributed by atoms with Crippen LogP contribution in [0.1, 0.15) is 34.9 Å². The number of rotatable bonds is 3. The van der Waals surface area contributed by atoms with Gasteiger partial charge in [-0.2, -0.15) is 0 Å². The van der Waals surface area contributed by atoms with Gasteiger partial charge in [-0.05, 0) is 41.0 Å². The molecule has 3 unspecified atom stereocenters. The minimum Gasteiger partial charge on any atom is -0.504 e. The van der Waals surface area contributed by atoms with Crippen LogP contribution in [0.3, 0.4) is 0 Å². The Morgan fingerprint density at radius 1 is 0.654 bits per heavy atom. The van der Waals surface area contributed by atoms with E-state index in [0.29, 0.717) is 0 Å². The number of nitrogens with one attached hydrogen (secondary N) is 2. The third-order valence-electron chi connectivity index (χ3n) is 4.75. The zero-order chi connectivity index (χ0) is 18.1. The van der Waals surface area contributed by atoms with Crippen LogP contribution in [0.2, 0.25) is 0 Å². The molecule has 4 N–H and O–H groups in total. The molecule has 1 aliphatic heterocycles. The van der Waals surface area contributed by atoms with Crippen LogP contribution < -0.4 is 10.6 Å². The first-order valence-electron chi connectivity index (χ1n) is 8.46. The molecular formula is C21H19FN2O2. The summed E-state index contributed by atoms with van der Waals surface area (Å²) in [5.74, 6) is -0.579. The van der Waals surface area contributed by atoms with Crippen LogP contribution in [-0.4, -0.2) is 10.2 Å². The maximum Gasteiger partial charge on any atom is 0.157 e. The molecule has 0 aromatic heterocycles. The summed E-state index contributed by atoms with van der Waals surface area (Å²) in [6.45, 7) is 0. The van der Waals surface area contributed by atoms with Crippen molar-refractivity contribution in [3.8, 4) is 11.5 Å². The van der Waals surface area contributed by atoms with Gasteiger partial charge in [-0.1, -0.05) is 48.5 Å². The number of aromatic hydroxyl groups is 2. The number of phenolic OH excluding ortho intramolecular Hbond substituents is 2. The molecular weight excluding hydrogens is 331 g/mol. The molecule has 3 aromatic carbocycles. The lowest BCUT2D eigenvalue weighted by molar-refractivity contribution is 0.401. The Balaban J connectivity index is 1.70. The van der Waals surface area contributed by atoms with Crippen molar-refractivity contribution in [1.82, 2.24) is 10.6 Å². The Bertz CT molecular complexity index is 900. The molecule has 0 saturated carbocycles. The minimum absolute atomic E-state index is 0.0254. The fraction of sp³-hybridized carbons (Fsp3) is 0.143. The molecule has 132 valence electrons. The molecule has 4 rings (SSSR count). The fourth-order valence-electron chi connectivity index (χ4n) is 3.42. The highest BCUT2D eigenvalue weighted by atomic mass is 19.1. The van der Waals surface area contributed by atoms with E-state index in [4.69, 9.17) is 0 Å². The van der Waals surface area contributed by atoms with Gasteiger partial charge in [0.2, 0.25) is 0 Å². The highest BCUT2D eigenvalue weighted by molar-refractivity contribution is 5.42. The summed E-state index contributed by atoms with van der Waals surface area (Å²) in [6.07, 6.45) is -0.221. The van der Waals surface area contributed by atoms with E-state index < -0.39 is 0 Å². The first kappa shape index (κ1) is 16.6. The largest absolute Gasteiger partial charge is 0.504 e. The van der Waals surface area contributed by atoms with Gasteiger partial charge in [-0.15, -0.1) is 0 Å². The van der Waals surface area contributed by atoms with Gasteiger partial charge >= 0.3 is 0 Å². The van der Waals surface area contributed by atoms with E-state index in [1.807, 2.05) is 30.3 Å². The summed E-state index contributed by atoms with van der Waals surface area (Å²) < 4.78 is 13.3. The predicted molar refractivity (Wildman–Crippen MR) is 97.1 cm³/mol. The van der Waals surface area contributed by atoms with Gasteiger partial charge in [0.1, 0.15) is 5.82 Å². The fourth-order valence-corrected chi connectivity index (χ4v) is 3.42. The molecule has 0 bridgehead atoms.